The number of hydrogen-bond acceptors (Lipinski definition) is 2. The number of benzene rings is 1. The summed E-state index contributed by atoms with van der Waals surface area (Å²) in [4.78, 5) is 0. The van der Waals surface area contributed by atoms with Gasteiger partial charge >= 0.3 is 0 Å². The first-order valence-electron chi connectivity index (χ1n) is 4.34. The van der Waals surface area contributed by atoms with Crippen LogP contribution in [0.2, 0.25) is 5.02 Å². The highest BCUT2D eigenvalue weighted by atomic mass is 79.9. The fourth-order valence-corrected chi connectivity index (χ4v) is 1.53. The number of furan rings is 1. The van der Waals surface area contributed by atoms with Gasteiger partial charge in [0.05, 0.1) is 17.5 Å². The molecule has 1 aromatic carbocycles. The second-order valence-electron chi connectivity index (χ2n) is 3.00. The number of halogens is 2. The Bertz CT molecular complexity index is 440. The van der Waals surface area contributed by atoms with E-state index in [2.05, 4.69) is 15.9 Å². The van der Waals surface area contributed by atoms with Crippen LogP contribution in [-0.2, 0) is 6.61 Å². The maximum absolute atomic E-state index is 5.93. The summed E-state index contributed by atoms with van der Waals surface area (Å²) in [6.07, 6.45) is 3.27. The van der Waals surface area contributed by atoms with Crippen molar-refractivity contribution in [3.8, 4) is 5.75 Å². The molecule has 0 unspecified atom stereocenters. The van der Waals surface area contributed by atoms with Crippen molar-refractivity contribution in [1.29, 1.82) is 0 Å². The zero-order valence-electron chi connectivity index (χ0n) is 7.74. The molecule has 0 amide bonds. The third kappa shape index (κ3) is 2.76. The lowest BCUT2D eigenvalue weighted by atomic mass is 10.3. The molecule has 1 heterocycles. The molecule has 15 heavy (non-hydrogen) atoms. The van der Waals surface area contributed by atoms with Gasteiger partial charge in [-0.15, -0.1) is 0 Å². The monoisotopic (exact) mass is 286 g/mol. The fourth-order valence-electron chi connectivity index (χ4n) is 1.11. The molecule has 2 aromatic rings. The van der Waals surface area contributed by atoms with Gasteiger partial charge in [-0.05, 0) is 40.2 Å². The minimum absolute atomic E-state index is 0.481. The Hall–Kier alpha value is -0.930. The third-order valence-corrected chi connectivity index (χ3v) is 3.11. The van der Waals surface area contributed by atoms with Crippen LogP contribution in [0.25, 0.3) is 0 Å². The van der Waals surface area contributed by atoms with Crippen molar-refractivity contribution in [2.75, 3.05) is 0 Å². The van der Waals surface area contributed by atoms with Gasteiger partial charge in [0, 0.05) is 10.0 Å². The molecule has 2 nitrogen and oxygen atoms in total. The predicted octanol–water partition coefficient (Wildman–Crippen LogP) is 4.27. The average molecular weight is 288 g/mol. The van der Waals surface area contributed by atoms with E-state index in [4.69, 9.17) is 20.8 Å². The Balaban J connectivity index is 2.02. The maximum Gasteiger partial charge on any atom is 0.121 e. The SMILES string of the molecule is Clc1cc(OCc2ccoc2)ccc1Br. The standard InChI is InChI=1S/C11H8BrClO2/c12-10-2-1-9(5-11(10)13)15-7-8-3-4-14-6-8/h1-6H,7H2. The summed E-state index contributed by atoms with van der Waals surface area (Å²) in [5, 5.41) is 0.639. The molecule has 0 aliphatic rings. The predicted molar refractivity (Wildman–Crippen MR) is 62.2 cm³/mol. The molecule has 0 spiro atoms. The van der Waals surface area contributed by atoms with Gasteiger partial charge in [-0.1, -0.05) is 11.6 Å². The third-order valence-electron chi connectivity index (χ3n) is 1.88. The molecule has 0 aliphatic carbocycles. The Kier molecular flexibility index (Phi) is 3.34. The molecule has 4 heteroatoms. The van der Waals surface area contributed by atoms with E-state index in [0.29, 0.717) is 11.6 Å². The normalized spacial score (nSPS) is 10.3. The lowest BCUT2D eigenvalue weighted by Crippen LogP contribution is -1.93. The van der Waals surface area contributed by atoms with Crippen LogP contribution in [0.5, 0.6) is 5.75 Å². The van der Waals surface area contributed by atoms with Crippen molar-refractivity contribution in [2.24, 2.45) is 0 Å². The van der Waals surface area contributed by atoms with Crippen LogP contribution in [0.4, 0.5) is 0 Å². The van der Waals surface area contributed by atoms with Gasteiger partial charge in [0.1, 0.15) is 12.4 Å². The van der Waals surface area contributed by atoms with Crippen LogP contribution in [0, 0.1) is 0 Å². The van der Waals surface area contributed by atoms with Crippen LogP contribution in [0.3, 0.4) is 0 Å². The van der Waals surface area contributed by atoms with Gasteiger partial charge < -0.3 is 9.15 Å². The highest BCUT2D eigenvalue weighted by Crippen LogP contribution is 2.27. The minimum Gasteiger partial charge on any atom is -0.489 e. The van der Waals surface area contributed by atoms with Crippen molar-refractivity contribution >= 4 is 27.5 Å². The van der Waals surface area contributed by atoms with E-state index in [1.807, 2.05) is 18.2 Å². The zero-order chi connectivity index (χ0) is 10.7. The van der Waals surface area contributed by atoms with Gasteiger partial charge in [0.2, 0.25) is 0 Å². The van der Waals surface area contributed by atoms with Crippen LogP contribution in [-0.4, -0.2) is 0 Å². The van der Waals surface area contributed by atoms with Gasteiger partial charge in [0.25, 0.3) is 0 Å². The lowest BCUT2D eigenvalue weighted by molar-refractivity contribution is 0.305. The lowest BCUT2D eigenvalue weighted by Gasteiger charge is -2.05. The molecule has 0 saturated heterocycles. The molecule has 0 aliphatic heterocycles. The highest BCUT2D eigenvalue weighted by Gasteiger charge is 2.00. The Morgan fingerprint density at radius 2 is 2.20 bits per heavy atom. The van der Waals surface area contributed by atoms with Crippen molar-refractivity contribution in [3.63, 3.8) is 0 Å². The zero-order valence-corrected chi connectivity index (χ0v) is 10.1. The first-order valence-corrected chi connectivity index (χ1v) is 5.52. The van der Waals surface area contributed by atoms with E-state index in [1.165, 1.54) is 0 Å². The summed E-state index contributed by atoms with van der Waals surface area (Å²) >= 11 is 9.25. The van der Waals surface area contributed by atoms with E-state index < -0.39 is 0 Å². The first-order chi connectivity index (χ1) is 7.25. The van der Waals surface area contributed by atoms with Crippen molar-refractivity contribution in [3.05, 3.63) is 51.9 Å². The van der Waals surface area contributed by atoms with E-state index in [1.54, 1.807) is 18.6 Å². The Labute approximate surface area is 101 Å². The Morgan fingerprint density at radius 3 is 2.87 bits per heavy atom. The second kappa shape index (κ2) is 4.73. The molecule has 0 N–H and O–H groups in total. The number of hydrogen-bond donors (Lipinski definition) is 0. The van der Waals surface area contributed by atoms with Gasteiger partial charge in [0.15, 0.2) is 0 Å². The fraction of sp³-hybridized carbons (Fsp3) is 0.0909. The van der Waals surface area contributed by atoms with Crippen molar-refractivity contribution in [1.82, 2.24) is 0 Å². The molecular formula is C11H8BrClO2. The van der Waals surface area contributed by atoms with Crippen molar-refractivity contribution < 1.29 is 9.15 Å². The smallest absolute Gasteiger partial charge is 0.121 e. The molecule has 0 radical (unpaired) electrons. The van der Waals surface area contributed by atoms with E-state index in [0.717, 1.165) is 15.8 Å². The topological polar surface area (TPSA) is 22.4 Å². The van der Waals surface area contributed by atoms with Crippen LogP contribution >= 0.6 is 27.5 Å². The van der Waals surface area contributed by atoms with Gasteiger partial charge in [-0.25, -0.2) is 0 Å². The summed E-state index contributed by atoms with van der Waals surface area (Å²) in [6, 6.07) is 7.34. The quantitative estimate of drug-likeness (QED) is 0.841. The molecule has 0 fully saturated rings. The minimum atomic E-state index is 0.481. The molecule has 0 atom stereocenters. The van der Waals surface area contributed by atoms with Crippen LogP contribution < -0.4 is 4.74 Å². The molecule has 78 valence electrons. The summed E-state index contributed by atoms with van der Waals surface area (Å²) < 4.78 is 11.3. The highest BCUT2D eigenvalue weighted by molar-refractivity contribution is 9.10. The largest absolute Gasteiger partial charge is 0.489 e. The summed E-state index contributed by atoms with van der Waals surface area (Å²) in [5.41, 5.74) is 0.994. The number of ether oxygens (including phenoxy) is 1. The maximum atomic E-state index is 5.93. The second-order valence-corrected chi connectivity index (χ2v) is 4.26. The summed E-state index contributed by atoms with van der Waals surface area (Å²) in [6.45, 7) is 0.481. The van der Waals surface area contributed by atoms with Crippen LogP contribution in [0.15, 0.2) is 45.7 Å². The molecular weight excluding hydrogens is 279 g/mol. The van der Waals surface area contributed by atoms with Crippen LogP contribution in [0.1, 0.15) is 5.56 Å². The van der Waals surface area contributed by atoms with Gasteiger partial charge in [-0.3, -0.25) is 0 Å². The van der Waals surface area contributed by atoms with Crippen molar-refractivity contribution in [2.45, 2.75) is 6.61 Å². The number of rotatable bonds is 3. The molecule has 1 aromatic heterocycles. The van der Waals surface area contributed by atoms with E-state index >= 15 is 0 Å². The molecule has 2 rings (SSSR count). The first kappa shape index (κ1) is 10.6. The summed E-state index contributed by atoms with van der Waals surface area (Å²) in [7, 11) is 0. The van der Waals surface area contributed by atoms with E-state index in [9.17, 15) is 0 Å². The average Bonchev–Trinajstić information content (AvgIpc) is 2.73. The summed E-state index contributed by atoms with van der Waals surface area (Å²) in [5.74, 6) is 0.740. The van der Waals surface area contributed by atoms with Gasteiger partial charge in [-0.2, -0.15) is 0 Å². The van der Waals surface area contributed by atoms with E-state index in [-0.39, 0.29) is 0 Å². The Morgan fingerprint density at radius 1 is 1.33 bits per heavy atom. The molecule has 0 saturated carbocycles. The molecule has 0 bridgehead atoms.